The van der Waals surface area contributed by atoms with E-state index >= 15 is 0 Å². The molecule has 1 aromatic carbocycles. The Morgan fingerprint density at radius 3 is 2.48 bits per heavy atom. The summed E-state index contributed by atoms with van der Waals surface area (Å²) in [7, 11) is -3.51. The number of carbonyl (C=O) groups excluding carboxylic acids is 1. The maximum absolute atomic E-state index is 11.5. The lowest BCUT2D eigenvalue weighted by Gasteiger charge is -2.26. The Kier molecular flexibility index (Phi) is 6.41. The number of nitrogens with one attached hydrogen (secondary N) is 1. The second-order valence-electron chi connectivity index (χ2n) is 5.67. The topological polar surface area (TPSA) is 75.7 Å². The molecule has 0 aromatic heterocycles. The molecule has 1 fully saturated rings. The third-order valence-corrected chi connectivity index (χ3v) is 4.16. The zero-order chi connectivity index (χ0) is 16.7. The maximum Gasteiger partial charge on any atom is 0.237 e. The highest BCUT2D eigenvalue weighted by atomic mass is 32.2. The number of likely N-dealkylation sites (tertiary alicyclic amines) is 1. The van der Waals surface area contributed by atoms with Crippen LogP contribution in [0.2, 0.25) is 0 Å². The van der Waals surface area contributed by atoms with Gasteiger partial charge >= 0.3 is 0 Å². The molecule has 1 amide bonds. The van der Waals surface area contributed by atoms with E-state index in [-0.39, 0.29) is 6.42 Å². The molecular formula is C16H23N2O4S. The van der Waals surface area contributed by atoms with E-state index in [9.17, 15) is 13.2 Å². The quantitative estimate of drug-likeness (QED) is 0.801. The van der Waals surface area contributed by atoms with Crippen LogP contribution in [0.15, 0.2) is 24.3 Å². The van der Waals surface area contributed by atoms with Gasteiger partial charge in [-0.3, -0.25) is 14.4 Å². The highest BCUT2D eigenvalue weighted by molar-refractivity contribution is 7.89. The zero-order valence-corrected chi connectivity index (χ0v) is 14.1. The minimum Gasteiger partial charge on any atom is -0.492 e. The molecule has 23 heavy (non-hydrogen) atoms. The number of piperidine rings is 1. The zero-order valence-electron chi connectivity index (χ0n) is 13.3. The van der Waals surface area contributed by atoms with E-state index in [0.717, 1.165) is 50.0 Å². The van der Waals surface area contributed by atoms with Gasteiger partial charge in [-0.25, -0.2) is 8.42 Å². The number of hydrogen-bond acceptors (Lipinski definition) is 5. The fourth-order valence-corrected chi connectivity index (χ4v) is 2.94. The molecule has 0 spiro atoms. The first-order valence-corrected chi connectivity index (χ1v) is 9.58. The maximum atomic E-state index is 11.5. The summed E-state index contributed by atoms with van der Waals surface area (Å²) in [5.74, 6) is 0.212. The van der Waals surface area contributed by atoms with Crippen LogP contribution in [0.1, 0.15) is 18.4 Å². The highest BCUT2D eigenvalue weighted by Gasteiger charge is 2.10. The van der Waals surface area contributed by atoms with E-state index in [1.165, 1.54) is 0 Å². The normalized spacial score (nSPS) is 16.0. The summed E-state index contributed by atoms with van der Waals surface area (Å²) < 4.78 is 29.6. The lowest BCUT2D eigenvalue weighted by Crippen LogP contribution is -2.33. The summed E-state index contributed by atoms with van der Waals surface area (Å²) in [4.78, 5) is 13.9. The predicted octanol–water partition coefficient (Wildman–Crippen LogP) is 0.984. The van der Waals surface area contributed by atoms with E-state index in [2.05, 4.69) is 11.3 Å². The molecule has 1 aliphatic rings. The molecule has 1 radical (unpaired) electrons. The average Bonchev–Trinajstić information content (AvgIpc) is 2.48. The fraction of sp³-hybridized carbons (Fsp3) is 0.500. The molecule has 1 aromatic rings. The number of rotatable bonds is 7. The van der Waals surface area contributed by atoms with E-state index < -0.39 is 15.9 Å². The molecule has 127 valence electrons. The fourth-order valence-electron chi connectivity index (χ4n) is 2.45. The Bertz CT molecular complexity index is 607. The second-order valence-corrected chi connectivity index (χ2v) is 7.42. The standard InChI is InChI=1S/C16H23N2O4S/c1-23(20,21)17-16(19)13-14-5-7-15(8-6-14)22-12-11-18-9-3-2-4-10-18/h2,5-8H,3-4,9-13H2,1H3,(H,17,19). The largest absolute Gasteiger partial charge is 0.492 e. The lowest BCUT2D eigenvalue weighted by atomic mass is 10.1. The van der Waals surface area contributed by atoms with E-state index in [0.29, 0.717) is 6.61 Å². The van der Waals surface area contributed by atoms with Gasteiger partial charge in [-0.2, -0.15) is 0 Å². The molecule has 1 N–H and O–H groups in total. The first kappa shape index (κ1) is 17.7. The summed E-state index contributed by atoms with van der Waals surface area (Å²) in [6.07, 6.45) is 5.59. The molecule has 6 nitrogen and oxygen atoms in total. The Balaban J connectivity index is 1.74. The van der Waals surface area contributed by atoms with Gasteiger partial charge in [0.1, 0.15) is 12.4 Å². The van der Waals surface area contributed by atoms with E-state index in [1.54, 1.807) is 24.3 Å². The molecule has 0 aliphatic carbocycles. The van der Waals surface area contributed by atoms with Crippen molar-refractivity contribution in [1.82, 2.24) is 9.62 Å². The van der Waals surface area contributed by atoms with Crippen LogP contribution in [0.5, 0.6) is 5.75 Å². The predicted molar refractivity (Wildman–Crippen MR) is 88.6 cm³/mol. The molecule has 0 atom stereocenters. The number of benzene rings is 1. The number of sulfonamides is 1. The van der Waals surface area contributed by atoms with Crippen LogP contribution in [-0.4, -0.2) is 51.7 Å². The smallest absolute Gasteiger partial charge is 0.237 e. The minimum absolute atomic E-state index is 0.0254. The van der Waals surface area contributed by atoms with Crippen molar-refractivity contribution < 1.29 is 17.9 Å². The van der Waals surface area contributed by atoms with Crippen LogP contribution in [-0.2, 0) is 21.2 Å². The van der Waals surface area contributed by atoms with Crippen molar-refractivity contribution in [3.8, 4) is 5.75 Å². The van der Waals surface area contributed by atoms with Crippen molar-refractivity contribution in [2.45, 2.75) is 19.3 Å². The molecule has 7 heteroatoms. The van der Waals surface area contributed by atoms with Crippen molar-refractivity contribution in [3.05, 3.63) is 36.2 Å². The molecule has 0 bridgehead atoms. The van der Waals surface area contributed by atoms with Gasteiger partial charge in [-0.1, -0.05) is 12.1 Å². The second kappa shape index (κ2) is 8.31. The number of carbonyl (C=O) groups is 1. The first-order chi connectivity index (χ1) is 10.9. The van der Waals surface area contributed by atoms with Crippen LogP contribution in [0.25, 0.3) is 0 Å². The Hall–Kier alpha value is -1.60. The van der Waals surface area contributed by atoms with Crippen LogP contribution in [0, 0.1) is 6.42 Å². The van der Waals surface area contributed by atoms with Gasteiger partial charge in [0, 0.05) is 6.54 Å². The van der Waals surface area contributed by atoms with Gasteiger partial charge in [0.05, 0.1) is 12.7 Å². The van der Waals surface area contributed by atoms with Crippen molar-refractivity contribution in [2.24, 2.45) is 0 Å². The van der Waals surface area contributed by atoms with E-state index in [1.807, 2.05) is 4.72 Å². The van der Waals surface area contributed by atoms with Crippen LogP contribution in [0.4, 0.5) is 0 Å². The Labute approximate surface area is 137 Å². The molecule has 1 saturated heterocycles. The summed E-state index contributed by atoms with van der Waals surface area (Å²) in [6.45, 7) is 3.73. The van der Waals surface area contributed by atoms with Crippen molar-refractivity contribution in [3.63, 3.8) is 0 Å². The Morgan fingerprint density at radius 1 is 1.22 bits per heavy atom. The van der Waals surface area contributed by atoms with Gasteiger partial charge in [-0.15, -0.1) is 0 Å². The van der Waals surface area contributed by atoms with Crippen molar-refractivity contribution in [1.29, 1.82) is 0 Å². The number of ether oxygens (including phenoxy) is 1. The van der Waals surface area contributed by atoms with Crippen LogP contribution >= 0.6 is 0 Å². The molecule has 2 rings (SSSR count). The SMILES string of the molecule is CS(=O)(=O)NC(=O)Cc1ccc(OCCN2CC[CH]CC2)cc1. The number of amides is 1. The first-order valence-electron chi connectivity index (χ1n) is 7.69. The summed E-state index contributed by atoms with van der Waals surface area (Å²) in [5, 5.41) is 0. The summed E-state index contributed by atoms with van der Waals surface area (Å²) >= 11 is 0. The van der Waals surface area contributed by atoms with E-state index in [4.69, 9.17) is 4.74 Å². The van der Waals surface area contributed by atoms with Gasteiger partial charge in [0.25, 0.3) is 0 Å². The van der Waals surface area contributed by atoms with Crippen molar-refractivity contribution in [2.75, 3.05) is 32.5 Å². The lowest BCUT2D eigenvalue weighted by molar-refractivity contribution is -0.118. The third-order valence-electron chi connectivity index (χ3n) is 3.56. The van der Waals surface area contributed by atoms with Crippen LogP contribution < -0.4 is 9.46 Å². The summed E-state index contributed by atoms with van der Waals surface area (Å²) in [6, 6.07) is 7.14. The van der Waals surface area contributed by atoms with Gasteiger partial charge < -0.3 is 4.74 Å². The van der Waals surface area contributed by atoms with Crippen LogP contribution in [0.3, 0.4) is 0 Å². The minimum atomic E-state index is -3.51. The average molecular weight is 339 g/mol. The highest BCUT2D eigenvalue weighted by Crippen LogP contribution is 2.13. The molecular weight excluding hydrogens is 316 g/mol. The van der Waals surface area contributed by atoms with Gasteiger partial charge in [-0.05, 0) is 50.0 Å². The van der Waals surface area contributed by atoms with Gasteiger partial charge in [0.15, 0.2) is 0 Å². The third kappa shape index (κ3) is 7.00. The molecule has 0 saturated carbocycles. The van der Waals surface area contributed by atoms with Gasteiger partial charge in [0.2, 0.25) is 15.9 Å². The monoisotopic (exact) mass is 339 g/mol. The summed E-state index contributed by atoms with van der Waals surface area (Å²) in [5.41, 5.74) is 0.741. The molecule has 1 heterocycles. The van der Waals surface area contributed by atoms with Crippen molar-refractivity contribution >= 4 is 15.9 Å². The molecule has 0 unspecified atom stereocenters. The number of nitrogens with zero attached hydrogens (tertiary/aromatic N) is 1. The molecule has 1 aliphatic heterocycles. The Morgan fingerprint density at radius 2 is 1.87 bits per heavy atom. The number of hydrogen-bond donors (Lipinski definition) is 1.